The highest BCUT2D eigenvalue weighted by molar-refractivity contribution is 5.92. The van der Waals surface area contributed by atoms with E-state index in [4.69, 9.17) is 0 Å². The summed E-state index contributed by atoms with van der Waals surface area (Å²) in [6.45, 7) is 1.98. The lowest BCUT2D eigenvalue weighted by atomic mass is 9.81. The fourth-order valence-corrected chi connectivity index (χ4v) is 5.08. The fourth-order valence-electron chi connectivity index (χ4n) is 5.08. The van der Waals surface area contributed by atoms with Crippen LogP contribution in [0.15, 0.2) is 30.7 Å². The summed E-state index contributed by atoms with van der Waals surface area (Å²) in [6.07, 6.45) is -5.39. The van der Waals surface area contributed by atoms with Crippen LogP contribution in [0.1, 0.15) is 85.7 Å². The Hall–Kier alpha value is -3.72. The molecule has 4 rings (SSSR count). The Kier molecular flexibility index (Phi) is 9.11. The maximum Gasteiger partial charge on any atom is 0.405 e. The van der Waals surface area contributed by atoms with Gasteiger partial charge in [0.05, 0.1) is 30.0 Å². The topological polar surface area (TPSA) is 106 Å². The van der Waals surface area contributed by atoms with E-state index in [0.717, 1.165) is 6.20 Å². The molecule has 230 valence electrons. The van der Waals surface area contributed by atoms with Crippen LogP contribution in [0.3, 0.4) is 0 Å². The molecule has 0 bridgehead atoms. The van der Waals surface area contributed by atoms with Crippen LogP contribution in [0.4, 0.5) is 30.7 Å². The number of hydrogen-bond donors (Lipinski definition) is 2. The Bertz CT molecular complexity index is 1390. The van der Waals surface area contributed by atoms with Crippen LogP contribution in [0.5, 0.6) is 0 Å². The smallest absolute Gasteiger partial charge is 0.346 e. The van der Waals surface area contributed by atoms with Gasteiger partial charge in [-0.1, -0.05) is 0 Å². The summed E-state index contributed by atoms with van der Waals surface area (Å²) in [5.74, 6) is -6.65. The van der Waals surface area contributed by atoms with Gasteiger partial charge >= 0.3 is 6.18 Å². The van der Waals surface area contributed by atoms with Gasteiger partial charge in [-0.05, 0) is 50.3 Å². The van der Waals surface area contributed by atoms with E-state index in [-0.39, 0.29) is 54.3 Å². The van der Waals surface area contributed by atoms with Crippen molar-refractivity contribution in [2.45, 2.75) is 82.5 Å². The largest absolute Gasteiger partial charge is 0.405 e. The van der Waals surface area contributed by atoms with E-state index in [0.29, 0.717) is 0 Å². The molecule has 3 aromatic rings. The minimum absolute atomic E-state index is 0.0676. The highest BCUT2D eigenvalue weighted by Gasteiger charge is 2.40. The van der Waals surface area contributed by atoms with Gasteiger partial charge in [-0.3, -0.25) is 14.3 Å². The number of amides is 2. The second kappa shape index (κ2) is 12.3. The fraction of sp³-hybridized carbons (Fsp3) is 0.577. The molecule has 0 spiro atoms. The number of aromatic nitrogens is 5. The number of nitrogens with one attached hydrogen (secondary N) is 2. The third kappa shape index (κ3) is 7.56. The summed E-state index contributed by atoms with van der Waals surface area (Å²) in [5, 5.41) is 12.8. The van der Waals surface area contributed by atoms with E-state index in [2.05, 4.69) is 20.5 Å². The zero-order chi connectivity index (χ0) is 30.8. The third-order valence-electron chi connectivity index (χ3n) is 7.19. The Morgan fingerprint density at radius 1 is 1.14 bits per heavy atom. The van der Waals surface area contributed by atoms with Crippen molar-refractivity contribution in [1.29, 1.82) is 0 Å². The first-order valence-corrected chi connectivity index (χ1v) is 13.3. The molecule has 16 heteroatoms. The average molecular weight is 606 g/mol. The number of imidazole rings is 1. The predicted molar refractivity (Wildman–Crippen MR) is 135 cm³/mol. The van der Waals surface area contributed by atoms with Gasteiger partial charge in [-0.2, -0.15) is 23.4 Å². The quantitative estimate of drug-likeness (QED) is 0.309. The number of carbonyl (C=O) groups is 2. The molecule has 0 radical (unpaired) electrons. The second-order valence-corrected chi connectivity index (χ2v) is 10.7. The molecule has 42 heavy (non-hydrogen) atoms. The summed E-state index contributed by atoms with van der Waals surface area (Å²) in [4.78, 5) is 30.2. The van der Waals surface area contributed by atoms with E-state index in [9.17, 15) is 40.3 Å². The first kappa shape index (κ1) is 31.2. The predicted octanol–water partition coefficient (Wildman–Crippen LogP) is 5.22. The Labute approximate surface area is 235 Å². The first-order chi connectivity index (χ1) is 19.6. The Morgan fingerprint density at radius 3 is 2.45 bits per heavy atom. The first-order valence-electron chi connectivity index (χ1n) is 13.3. The molecule has 1 fully saturated rings. The molecule has 2 N–H and O–H groups in total. The van der Waals surface area contributed by atoms with E-state index in [1.807, 2.05) is 13.8 Å². The highest BCUT2D eigenvalue weighted by atomic mass is 19.4. The van der Waals surface area contributed by atoms with Crippen LogP contribution < -0.4 is 10.6 Å². The minimum atomic E-state index is -4.74. The van der Waals surface area contributed by atoms with Crippen molar-refractivity contribution >= 4 is 17.5 Å². The highest BCUT2D eigenvalue weighted by Crippen LogP contribution is 2.41. The van der Waals surface area contributed by atoms with Gasteiger partial charge in [-0.15, -0.1) is 0 Å². The molecule has 1 saturated carbocycles. The van der Waals surface area contributed by atoms with Crippen LogP contribution in [-0.2, 0) is 4.79 Å². The lowest BCUT2D eigenvalue weighted by Gasteiger charge is -2.33. The molecule has 0 aromatic carbocycles. The lowest BCUT2D eigenvalue weighted by molar-refractivity contribution is -0.139. The molecule has 9 nitrogen and oxygen atoms in total. The molecular formula is C26H30F7N7O2. The molecule has 1 unspecified atom stereocenters. The van der Waals surface area contributed by atoms with Crippen LogP contribution >= 0.6 is 0 Å². The molecule has 0 saturated heterocycles. The van der Waals surface area contributed by atoms with E-state index in [1.165, 1.54) is 33.7 Å². The molecule has 0 aliphatic heterocycles. The number of carbonyl (C=O) groups excluding carboxylic acids is 2. The number of nitrogens with zero attached hydrogens (tertiary/aromatic N) is 5. The summed E-state index contributed by atoms with van der Waals surface area (Å²) in [7, 11) is 0. The maximum atomic E-state index is 14.0. The summed E-state index contributed by atoms with van der Waals surface area (Å²) in [5.41, 5.74) is 0.488. The van der Waals surface area contributed by atoms with Gasteiger partial charge in [0.1, 0.15) is 12.2 Å². The van der Waals surface area contributed by atoms with Crippen molar-refractivity contribution in [3.05, 3.63) is 47.7 Å². The summed E-state index contributed by atoms with van der Waals surface area (Å²) < 4.78 is 95.0. The van der Waals surface area contributed by atoms with Crippen LogP contribution in [0.25, 0.3) is 5.65 Å². The van der Waals surface area contributed by atoms with Crippen molar-refractivity contribution in [3.8, 4) is 0 Å². The number of hydrogen-bond acceptors (Lipinski definition) is 5. The average Bonchev–Trinajstić information content (AvgIpc) is 3.56. The van der Waals surface area contributed by atoms with Crippen molar-refractivity contribution in [2.75, 3.05) is 6.54 Å². The van der Waals surface area contributed by atoms with Gasteiger partial charge in [0, 0.05) is 31.5 Å². The van der Waals surface area contributed by atoms with Gasteiger partial charge in [0.15, 0.2) is 5.65 Å². The summed E-state index contributed by atoms with van der Waals surface area (Å²) >= 11 is 0. The van der Waals surface area contributed by atoms with E-state index < -0.39 is 61.2 Å². The van der Waals surface area contributed by atoms with Gasteiger partial charge in [0.25, 0.3) is 5.91 Å². The van der Waals surface area contributed by atoms with Gasteiger partial charge in [-0.25, -0.2) is 27.1 Å². The molecule has 1 aliphatic rings. The standard InChI is InChI=1S/C26H30F7N7O2/c1-14(2)40-19(5-8-35-40)24(42)38-22(15-3-6-25(29,30)7-4-15)18-12-39-21(37-18)9-16(11-36-39)17(10-20(27)28)23(41)34-13-26(31,32)33/h5,8-9,11-12,14-15,17,20,22H,3-4,6-7,10,13H2,1-2H3,(H,34,41)(H,38,42)/t17?,22-/m0/s1. The van der Waals surface area contributed by atoms with E-state index in [1.54, 1.807) is 5.32 Å². The number of rotatable bonds is 10. The Morgan fingerprint density at radius 2 is 1.83 bits per heavy atom. The lowest BCUT2D eigenvalue weighted by Crippen LogP contribution is -2.38. The molecule has 3 heterocycles. The zero-order valence-corrected chi connectivity index (χ0v) is 22.7. The molecule has 1 aliphatic carbocycles. The van der Waals surface area contributed by atoms with Crippen molar-refractivity contribution in [1.82, 2.24) is 35.0 Å². The van der Waals surface area contributed by atoms with E-state index >= 15 is 0 Å². The number of fused-ring (bicyclic) bond motifs is 1. The number of halogens is 7. The summed E-state index contributed by atoms with van der Waals surface area (Å²) in [6, 6.07) is 1.80. The van der Waals surface area contributed by atoms with Crippen LogP contribution in [0.2, 0.25) is 0 Å². The van der Waals surface area contributed by atoms with Crippen molar-refractivity contribution in [2.24, 2.45) is 5.92 Å². The van der Waals surface area contributed by atoms with Crippen LogP contribution in [-0.4, -0.2) is 61.3 Å². The molecular weight excluding hydrogens is 575 g/mol. The minimum Gasteiger partial charge on any atom is -0.346 e. The molecule has 2 amide bonds. The van der Waals surface area contributed by atoms with Gasteiger partial charge in [0.2, 0.25) is 18.3 Å². The van der Waals surface area contributed by atoms with Crippen molar-refractivity contribution in [3.63, 3.8) is 0 Å². The van der Waals surface area contributed by atoms with Gasteiger partial charge < -0.3 is 10.6 Å². The SMILES string of the molecule is CC(C)n1nccc1C(=O)N[C@H](c1cn2ncc(C(CC(F)F)C(=O)NCC(F)(F)F)cc2n1)C1CCC(F)(F)CC1. The van der Waals surface area contributed by atoms with Crippen molar-refractivity contribution < 1.29 is 40.3 Å². The molecule has 3 aromatic heterocycles. The van der Waals surface area contributed by atoms with Crippen LogP contribution in [0, 0.1) is 5.92 Å². The monoisotopic (exact) mass is 605 g/mol. The Balaban J connectivity index is 1.66. The maximum absolute atomic E-state index is 14.0. The molecule has 2 atom stereocenters. The normalized spacial score (nSPS) is 17.5. The third-order valence-corrected chi connectivity index (χ3v) is 7.19. The zero-order valence-electron chi connectivity index (χ0n) is 22.7. The second-order valence-electron chi connectivity index (χ2n) is 10.7. The number of alkyl halides is 7.